The molecule has 0 aliphatic carbocycles. The third-order valence-corrected chi connectivity index (χ3v) is 5.28. The minimum Gasteiger partial charge on any atom is -0.356 e. The maximum Gasteiger partial charge on any atom is 0.264 e. The van der Waals surface area contributed by atoms with E-state index in [1.54, 1.807) is 6.07 Å². The van der Waals surface area contributed by atoms with E-state index in [4.69, 9.17) is 4.52 Å². The van der Waals surface area contributed by atoms with Gasteiger partial charge in [0.15, 0.2) is 5.76 Å². The summed E-state index contributed by atoms with van der Waals surface area (Å²) in [5.41, 5.74) is 3.67. The SMILES string of the molecule is Cc1cc(-c2cc(=O)[nH]nc2C2CCN(C(=O)c3ccccc3C)CC2)on1. The summed E-state index contributed by atoms with van der Waals surface area (Å²) in [5.74, 6) is 0.750. The summed E-state index contributed by atoms with van der Waals surface area (Å²) in [6.45, 7) is 5.08. The molecule has 1 aliphatic rings. The summed E-state index contributed by atoms with van der Waals surface area (Å²) in [6.07, 6.45) is 1.55. The molecule has 1 aromatic carbocycles. The van der Waals surface area contributed by atoms with Crippen molar-refractivity contribution in [3.63, 3.8) is 0 Å². The minimum atomic E-state index is -0.278. The minimum absolute atomic E-state index is 0.0667. The van der Waals surface area contributed by atoms with Crippen LogP contribution >= 0.6 is 0 Å². The normalized spacial score (nSPS) is 15.0. The number of benzene rings is 1. The zero-order chi connectivity index (χ0) is 19.7. The lowest BCUT2D eigenvalue weighted by atomic mass is 9.89. The van der Waals surface area contributed by atoms with E-state index in [0.717, 1.165) is 35.4 Å². The van der Waals surface area contributed by atoms with E-state index >= 15 is 0 Å². The number of rotatable bonds is 3. The van der Waals surface area contributed by atoms with Gasteiger partial charge in [0, 0.05) is 42.3 Å². The van der Waals surface area contributed by atoms with Crippen LogP contribution < -0.4 is 5.56 Å². The Labute approximate surface area is 162 Å². The maximum absolute atomic E-state index is 12.8. The van der Waals surface area contributed by atoms with Crippen LogP contribution in [-0.2, 0) is 0 Å². The van der Waals surface area contributed by atoms with Crippen LogP contribution in [0.15, 0.2) is 45.7 Å². The second kappa shape index (κ2) is 7.42. The molecule has 2 aromatic heterocycles. The highest BCUT2D eigenvalue weighted by Crippen LogP contribution is 2.33. The van der Waals surface area contributed by atoms with Crippen molar-refractivity contribution in [3.05, 3.63) is 69.3 Å². The van der Waals surface area contributed by atoms with Crippen molar-refractivity contribution in [1.82, 2.24) is 20.3 Å². The Balaban J connectivity index is 1.54. The molecule has 3 aromatic rings. The van der Waals surface area contributed by atoms with Gasteiger partial charge in [0.25, 0.3) is 11.5 Å². The lowest BCUT2D eigenvalue weighted by Crippen LogP contribution is -2.38. The number of H-pyrrole nitrogens is 1. The summed E-state index contributed by atoms with van der Waals surface area (Å²) < 4.78 is 5.36. The summed E-state index contributed by atoms with van der Waals surface area (Å²) in [6, 6.07) is 11.0. The fraction of sp³-hybridized carbons (Fsp3) is 0.333. The van der Waals surface area contributed by atoms with E-state index in [0.29, 0.717) is 24.4 Å². The molecular formula is C21H22N4O3. The Hall–Kier alpha value is -3.22. The van der Waals surface area contributed by atoms with E-state index in [2.05, 4.69) is 15.4 Å². The highest BCUT2D eigenvalue weighted by atomic mass is 16.5. The van der Waals surface area contributed by atoms with Crippen molar-refractivity contribution in [1.29, 1.82) is 0 Å². The predicted octanol–water partition coefficient (Wildman–Crippen LogP) is 3.06. The Morgan fingerprint density at radius 2 is 1.93 bits per heavy atom. The van der Waals surface area contributed by atoms with E-state index < -0.39 is 0 Å². The third kappa shape index (κ3) is 3.47. The molecule has 1 N–H and O–H groups in total. The van der Waals surface area contributed by atoms with E-state index in [1.165, 1.54) is 6.07 Å². The topological polar surface area (TPSA) is 92.1 Å². The number of carbonyl (C=O) groups excluding carboxylic acids is 1. The molecule has 7 heteroatoms. The highest BCUT2D eigenvalue weighted by molar-refractivity contribution is 5.95. The van der Waals surface area contributed by atoms with Crippen molar-refractivity contribution in [2.24, 2.45) is 0 Å². The Morgan fingerprint density at radius 1 is 1.18 bits per heavy atom. The fourth-order valence-electron chi connectivity index (χ4n) is 3.75. The number of aromatic amines is 1. The molecule has 0 saturated carbocycles. The van der Waals surface area contributed by atoms with Crippen molar-refractivity contribution in [2.45, 2.75) is 32.6 Å². The summed E-state index contributed by atoms with van der Waals surface area (Å²) in [7, 11) is 0. The van der Waals surface area contributed by atoms with Crippen LogP contribution in [0.5, 0.6) is 0 Å². The van der Waals surface area contributed by atoms with Crippen molar-refractivity contribution < 1.29 is 9.32 Å². The van der Waals surface area contributed by atoms with Gasteiger partial charge in [-0.05, 0) is 38.3 Å². The second-order valence-corrected chi connectivity index (χ2v) is 7.25. The number of hydrogen-bond acceptors (Lipinski definition) is 5. The number of aryl methyl sites for hydroxylation is 2. The van der Waals surface area contributed by atoms with Gasteiger partial charge >= 0.3 is 0 Å². The van der Waals surface area contributed by atoms with Gasteiger partial charge in [-0.1, -0.05) is 23.4 Å². The van der Waals surface area contributed by atoms with Crippen LogP contribution in [0.4, 0.5) is 0 Å². The van der Waals surface area contributed by atoms with Gasteiger partial charge < -0.3 is 9.42 Å². The molecule has 1 aliphatic heterocycles. The molecule has 1 amide bonds. The standard InChI is InChI=1S/C21H22N4O3/c1-13-5-3-4-6-16(13)21(27)25-9-7-15(8-10-25)20-17(12-19(26)22-23-20)18-11-14(2)24-28-18/h3-6,11-12,15H,7-10H2,1-2H3,(H,22,26). The number of carbonyl (C=O) groups is 1. The van der Waals surface area contributed by atoms with Gasteiger partial charge in [-0.2, -0.15) is 5.10 Å². The summed E-state index contributed by atoms with van der Waals surface area (Å²) in [5, 5.41) is 10.8. The number of nitrogens with one attached hydrogen (secondary N) is 1. The number of amides is 1. The molecule has 0 bridgehead atoms. The van der Waals surface area contributed by atoms with Crippen LogP contribution in [0, 0.1) is 13.8 Å². The first kappa shape index (κ1) is 18.2. The van der Waals surface area contributed by atoms with Gasteiger partial charge in [-0.25, -0.2) is 5.10 Å². The van der Waals surface area contributed by atoms with Crippen LogP contribution in [0.3, 0.4) is 0 Å². The first-order valence-corrected chi connectivity index (χ1v) is 9.41. The molecule has 0 unspecified atom stereocenters. The zero-order valence-electron chi connectivity index (χ0n) is 15.9. The number of nitrogens with zero attached hydrogens (tertiary/aromatic N) is 3. The second-order valence-electron chi connectivity index (χ2n) is 7.25. The van der Waals surface area contributed by atoms with Gasteiger partial charge in [0.05, 0.1) is 11.4 Å². The Kier molecular flexibility index (Phi) is 4.81. The molecule has 1 fully saturated rings. The zero-order valence-corrected chi connectivity index (χ0v) is 15.9. The molecule has 144 valence electrons. The number of piperidine rings is 1. The van der Waals surface area contributed by atoms with Gasteiger partial charge in [-0.3, -0.25) is 9.59 Å². The van der Waals surface area contributed by atoms with Gasteiger partial charge in [-0.15, -0.1) is 0 Å². The van der Waals surface area contributed by atoms with Gasteiger partial charge in [0.2, 0.25) is 0 Å². The van der Waals surface area contributed by atoms with E-state index in [-0.39, 0.29) is 17.4 Å². The molecule has 7 nitrogen and oxygen atoms in total. The Bertz CT molecular complexity index is 1060. The molecular weight excluding hydrogens is 356 g/mol. The van der Waals surface area contributed by atoms with E-state index in [9.17, 15) is 9.59 Å². The van der Waals surface area contributed by atoms with Crippen LogP contribution in [-0.4, -0.2) is 39.3 Å². The lowest BCUT2D eigenvalue weighted by Gasteiger charge is -2.32. The number of aromatic nitrogens is 3. The van der Waals surface area contributed by atoms with Crippen LogP contribution in [0.1, 0.15) is 46.1 Å². The highest BCUT2D eigenvalue weighted by Gasteiger charge is 2.28. The molecule has 4 rings (SSSR count). The predicted molar refractivity (Wildman–Crippen MR) is 104 cm³/mol. The van der Waals surface area contributed by atoms with Crippen molar-refractivity contribution in [3.8, 4) is 11.3 Å². The largest absolute Gasteiger partial charge is 0.356 e. The monoisotopic (exact) mass is 378 g/mol. The average molecular weight is 378 g/mol. The molecule has 28 heavy (non-hydrogen) atoms. The third-order valence-electron chi connectivity index (χ3n) is 5.28. The quantitative estimate of drug-likeness (QED) is 0.756. The van der Waals surface area contributed by atoms with Gasteiger partial charge in [0.1, 0.15) is 0 Å². The molecule has 0 spiro atoms. The summed E-state index contributed by atoms with van der Waals surface area (Å²) >= 11 is 0. The maximum atomic E-state index is 12.8. The van der Waals surface area contributed by atoms with Crippen molar-refractivity contribution in [2.75, 3.05) is 13.1 Å². The molecule has 0 atom stereocenters. The Morgan fingerprint density at radius 3 is 2.61 bits per heavy atom. The summed E-state index contributed by atoms with van der Waals surface area (Å²) in [4.78, 5) is 26.5. The molecule has 1 saturated heterocycles. The average Bonchev–Trinajstić information content (AvgIpc) is 3.14. The molecule has 3 heterocycles. The molecule has 0 radical (unpaired) electrons. The smallest absolute Gasteiger partial charge is 0.264 e. The lowest BCUT2D eigenvalue weighted by molar-refractivity contribution is 0.0711. The van der Waals surface area contributed by atoms with E-state index in [1.807, 2.05) is 43.0 Å². The first-order chi connectivity index (χ1) is 13.5. The first-order valence-electron chi connectivity index (χ1n) is 9.41. The van der Waals surface area contributed by atoms with Crippen LogP contribution in [0.25, 0.3) is 11.3 Å². The fourth-order valence-corrected chi connectivity index (χ4v) is 3.75. The number of likely N-dealkylation sites (tertiary alicyclic amines) is 1. The van der Waals surface area contributed by atoms with Crippen LogP contribution in [0.2, 0.25) is 0 Å². The number of hydrogen-bond donors (Lipinski definition) is 1. The van der Waals surface area contributed by atoms with Crippen molar-refractivity contribution >= 4 is 5.91 Å².